The normalized spacial score (nSPS) is 12.5. The zero-order valence-electron chi connectivity index (χ0n) is 9.88. The van der Waals surface area contributed by atoms with Crippen molar-refractivity contribution in [2.45, 2.75) is 6.04 Å². The molecule has 0 aliphatic carbocycles. The first-order valence-electron chi connectivity index (χ1n) is 5.72. The molecular weight excluding hydrogens is 308 g/mol. The first-order chi connectivity index (χ1) is 9.24. The minimum atomic E-state index is -0.333. The van der Waals surface area contributed by atoms with Gasteiger partial charge in [0.05, 0.1) is 6.04 Å². The summed E-state index contributed by atoms with van der Waals surface area (Å²) in [6.07, 6.45) is 0. The van der Waals surface area contributed by atoms with Gasteiger partial charge in [-0.05, 0) is 33.6 Å². The predicted octanol–water partition coefficient (Wildman–Crippen LogP) is 2.88. The number of nitrogens with two attached hydrogens (primary N) is 1. The van der Waals surface area contributed by atoms with Crippen molar-refractivity contribution in [3.8, 4) is 11.6 Å². The van der Waals surface area contributed by atoms with Gasteiger partial charge in [0.15, 0.2) is 10.4 Å². The van der Waals surface area contributed by atoms with Gasteiger partial charge in [-0.3, -0.25) is 5.10 Å². The molecule has 0 aliphatic rings. The number of halogens is 1. The van der Waals surface area contributed by atoms with Crippen LogP contribution in [0, 0.1) is 0 Å². The highest BCUT2D eigenvalue weighted by atomic mass is 79.9. The molecule has 1 atom stereocenters. The van der Waals surface area contributed by atoms with Crippen LogP contribution in [0.3, 0.4) is 0 Å². The Morgan fingerprint density at radius 2 is 1.95 bits per heavy atom. The van der Waals surface area contributed by atoms with E-state index in [4.69, 9.17) is 10.2 Å². The van der Waals surface area contributed by atoms with Crippen molar-refractivity contribution in [2.75, 3.05) is 0 Å². The highest BCUT2D eigenvalue weighted by molar-refractivity contribution is 9.10. The van der Waals surface area contributed by atoms with E-state index in [9.17, 15) is 0 Å². The first kappa shape index (κ1) is 12.1. The molecule has 0 spiro atoms. The van der Waals surface area contributed by atoms with Crippen LogP contribution in [0.25, 0.3) is 11.6 Å². The largest absolute Gasteiger partial charge is 0.446 e. The lowest BCUT2D eigenvalue weighted by atomic mass is 10.1. The van der Waals surface area contributed by atoms with Crippen molar-refractivity contribution in [3.05, 3.63) is 58.5 Å². The fraction of sp³-hybridized carbons (Fsp3) is 0.0769. The van der Waals surface area contributed by atoms with Gasteiger partial charge in [-0.15, -0.1) is 5.10 Å². The summed E-state index contributed by atoms with van der Waals surface area (Å²) in [5.74, 6) is 1.69. The summed E-state index contributed by atoms with van der Waals surface area (Å²) in [7, 11) is 0. The van der Waals surface area contributed by atoms with Gasteiger partial charge >= 0.3 is 0 Å². The summed E-state index contributed by atoms with van der Waals surface area (Å²) in [6.45, 7) is 0. The molecule has 3 N–H and O–H groups in total. The van der Waals surface area contributed by atoms with Crippen LogP contribution >= 0.6 is 15.9 Å². The average Bonchev–Trinajstić information content (AvgIpc) is 3.07. The van der Waals surface area contributed by atoms with E-state index in [1.54, 1.807) is 12.1 Å². The first-order valence-corrected chi connectivity index (χ1v) is 6.52. The lowest BCUT2D eigenvalue weighted by Crippen LogP contribution is -2.13. The number of furan rings is 1. The Balaban J connectivity index is 1.89. The molecule has 3 rings (SSSR count). The van der Waals surface area contributed by atoms with Crippen molar-refractivity contribution in [2.24, 2.45) is 5.73 Å². The highest BCUT2D eigenvalue weighted by Crippen LogP contribution is 2.23. The molecule has 0 saturated heterocycles. The Morgan fingerprint density at radius 3 is 2.63 bits per heavy atom. The van der Waals surface area contributed by atoms with Gasteiger partial charge < -0.3 is 10.2 Å². The second kappa shape index (κ2) is 4.99. The number of H-pyrrole nitrogens is 1. The Labute approximate surface area is 118 Å². The van der Waals surface area contributed by atoms with E-state index in [0.717, 1.165) is 5.56 Å². The molecule has 0 bridgehead atoms. The smallest absolute Gasteiger partial charge is 0.217 e. The molecule has 0 fully saturated rings. The van der Waals surface area contributed by atoms with Crippen molar-refractivity contribution in [1.29, 1.82) is 0 Å². The minimum Gasteiger partial charge on any atom is -0.446 e. The summed E-state index contributed by atoms with van der Waals surface area (Å²) >= 11 is 3.24. The monoisotopic (exact) mass is 318 g/mol. The van der Waals surface area contributed by atoms with E-state index in [-0.39, 0.29) is 6.04 Å². The fourth-order valence-electron chi connectivity index (χ4n) is 1.78. The maximum Gasteiger partial charge on any atom is 0.217 e. The molecule has 3 aromatic rings. The van der Waals surface area contributed by atoms with Crippen LogP contribution in [0.15, 0.2) is 51.6 Å². The zero-order valence-corrected chi connectivity index (χ0v) is 11.5. The average molecular weight is 319 g/mol. The molecule has 2 aromatic heterocycles. The molecule has 0 saturated carbocycles. The van der Waals surface area contributed by atoms with Gasteiger partial charge in [0.2, 0.25) is 5.82 Å². The third-order valence-corrected chi connectivity index (χ3v) is 3.18. The van der Waals surface area contributed by atoms with Crippen molar-refractivity contribution < 1.29 is 4.42 Å². The van der Waals surface area contributed by atoms with Crippen molar-refractivity contribution in [1.82, 2.24) is 15.2 Å². The van der Waals surface area contributed by atoms with Gasteiger partial charge in [-0.25, -0.2) is 4.98 Å². The van der Waals surface area contributed by atoms with Crippen LogP contribution < -0.4 is 5.73 Å². The molecule has 5 nitrogen and oxygen atoms in total. The second-order valence-electron chi connectivity index (χ2n) is 4.04. The van der Waals surface area contributed by atoms with Crippen LogP contribution in [0.4, 0.5) is 0 Å². The van der Waals surface area contributed by atoms with E-state index < -0.39 is 0 Å². The van der Waals surface area contributed by atoms with Crippen LogP contribution in [0.5, 0.6) is 0 Å². The minimum absolute atomic E-state index is 0.333. The number of aromatic amines is 1. The van der Waals surface area contributed by atoms with Gasteiger partial charge in [0.1, 0.15) is 5.82 Å². The predicted molar refractivity (Wildman–Crippen MR) is 74.3 cm³/mol. The number of benzene rings is 1. The number of aromatic nitrogens is 3. The standard InChI is InChI=1S/C13H11BrN4O/c14-10-7-6-9(19-10)12-16-13(18-17-12)11(15)8-4-2-1-3-5-8/h1-7,11H,15H2,(H,16,17,18)/t11-/m1/s1. The lowest BCUT2D eigenvalue weighted by molar-refractivity contribution is 0.551. The Hall–Kier alpha value is -1.92. The Kier molecular flexibility index (Phi) is 3.18. The molecule has 0 aliphatic heterocycles. The SMILES string of the molecule is N[C@H](c1ccccc1)c1nc(-c2ccc(Br)o2)n[nH]1. The molecule has 96 valence electrons. The number of nitrogens with zero attached hydrogens (tertiary/aromatic N) is 2. The van der Waals surface area contributed by atoms with Gasteiger partial charge in [-0.1, -0.05) is 30.3 Å². The third-order valence-electron chi connectivity index (χ3n) is 2.75. The maximum atomic E-state index is 6.14. The maximum absolute atomic E-state index is 6.14. The zero-order chi connectivity index (χ0) is 13.2. The van der Waals surface area contributed by atoms with Gasteiger partial charge in [0, 0.05) is 0 Å². The van der Waals surface area contributed by atoms with Crippen molar-refractivity contribution in [3.63, 3.8) is 0 Å². The van der Waals surface area contributed by atoms with E-state index in [2.05, 4.69) is 31.1 Å². The topological polar surface area (TPSA) is 80.7 Å². The number of nitrogens with one attached hydrogen (secondary N) is 1. The molecule has 6 heteroatoms. The summed E-state index contributed by atoms with van der Waals surface area (Å²) in [4.78, 5) is 4.36. The fourth-order valence-corrected chi connectivity index (χ4v) is 2.08. The van der Waals surface area contributed by atoms with Gasteiger partial charge in [0.25, 0.3) is 0 Å². The van der Waals surface area contributed by atoms with Crippen LogP contribution in [0.1, 0.15) is 17.4 Å². The van der Waals surface area contributed by atoms with Gasteiger partial charge in [-0.2, -0.15) is 0 Å². The van der Waals surface area contributed by atoms with Crippen molar-refractivity contribution >= 4 is 15.9 Å². The Morgan fingerprint density at radius 1 is 1.16 bits per heavy atom. The van der Waals surface area contributed by atoms with Crippen LogP contribution in [-0.4, -0.2) is 15.2 Å². The summed E-state index contributed by atoms with van der Waals surface area (Å²) in [5, 5.41) is 6.97. The number of hydrogen-bond donors (Lipinski definition) is 2. The van der Waals surface area contributed by atoms with E-state index in [1.807, 2.05) is 30.3 Å². The highest BCUT2D eigenvalue weighted by Gasteiger charge is 2.15. The second-order valence-corrected chi connectivity index (χ2v) is 4.82. The van der Waals surface area contributed by atoms with E-state index >= 15 is 0 Å². The van der Waals surface area contributed by atoms with E-state index in [1.165, 1.54) is 0 Å². The Bertz CT molecular complexity index is 677. The molecule has 2 heterocycles. The lowest BCUT2D eigenvalue weighted by Gasteiger charge is -2.07. The number of hydrogen-bond acceptors (Lipinski definition) is 4. The van der Waals surface area contributed by atoms with Crippen LogP contribution in [0.2, 0.25) is 0 Å². The summed E-state index contributed by atoms with van der Waals surface area (Å²) in [6, 6.07) is 13.0. The number of rotatable bonds is 3. The third kappa shape index (κ3) is 2.45. The van der Waals surface area contributed by atoms with E-state index in [0.29, 0.717) is 22.1 Å². The molecule has 19 heavy (non-hydrogen) atoms. The van der Waals surface area contributed by atoms with Crippen LogP contribution in [-0.2, 0) is 0 Å². The quantitative estimate of drug-likeness (QED) is 0.778. The molecular formula is C13H11BrN4O. The molecule has 0 radical (unpaired) electrons. The molecule has 1 aromatic carbocycles. The summed E-state index contributed by atoms with van der Waals surface area (Å²) in [5.41, 5.74) is 7.12. The molecule has 0 amide bonds. The molecule has 0 unspecified atom stereocenters. The summed E-state index contributed by atoms with van der Waals surface area (Å²) < 4.78 is 6.04.